The second kappa shape index (κ2) is 8.46. The lowest BCUT2D eigenvalue weighted by Crippen LogP contribution is -2.48. The Balaban J connectivity index is 2.49. The Hall–Kier alpha value is -0.710. The zero-order chi connectivity index (χ0) is 14.3. The van der Waals surface area contributed by atoms with E-state index in [-0.39, 0.29) is 17.9 Å². The van der Waals surface area contributed by atoms with Crippen molar-refractivity contribution in [3.63, 3.8) is 0 Å². The fourth-order valence-corrected chi connectivity index (χ4v) is 3.15. The average molecular weight is 286 g/mol. The molecule has 0 aromatic rings. The van der Waals surface area contributed by atoms with E-state index in [1.807, 2.05) is 13.3 Å². The van der Waals surface area contributed by atoms with Gasteiger partial charge in [-0.15, -0.1) is 0 Å². The molecule has 0 radical (unpaired) electrons. The predicted octanol–water partition coefficient (Wildman–Crippen LogP) is 1.89. The molecule has 1 fully saturated rings. The van der Waals surface area contributed by atoms with Crippen molar-refractivity contribution < 1.29 is 9.59 Å². The fraction of sp³-hybridized carbons (Fsp3) is 0.857. The first-order valence-corrected chi connectivity index (χ1v) is 8.45. The van der Waals surface area contributed by atoms with Crippen LogP contribution in [-0.4, -0.2) is 48.4 Å². The molecular weight excluding hydrogens is 260 g/mol. The Morgan fingerprint density at radius 3 is 2.53 bits per heavy atom. The van der Waals surface area contributed by atoms with Crippen LogP contribution in [0.2, 0.25) is 0 Å². The maximum Gasteiger partial charge on any atom is 0.244 e. The molecule has 4 nitrogen and oxygen atoms in total. The van der Waals surface area contributed by atoms with Crippen LogP contribution in [0.25, 0.3) is 0 Å². The summed E-state index contributed by atoms with van der Waals surface area (Å²) < 4.78 is 0. The minimum absolute atomic E-state index is 0.0520. The summed E-state index contributed by atoms with van der Waals surface area (Å²) in [5.41, 5.74) is 0. The highest BCUT2D eigenvalue weighted by Crippen LogP contribution is 2.25. The van der Waals surface area contributed by atoms with E-state index in [2.05, 4.69) is 5.32 Å². The fourth-order valence-electron chi connectivity index (χ4n) is 2.67. The van der Waals surface area contributed by atoms with Crippen LogP contribution in [-0.2, 0) is 9.59 Å². The Bertz CT molecular complexity index is 304. The van der Waals surface area contributed by atoms with Crippen LogP contribution < -0.4 is 5.32 Å². The van der Waals surface area contributed by atoms with Gasteiger partial charge in [0.15, 0.2) is 0 Å². The lowest BCUT2D eigenvalue weighted by atomic mass is 10.1. The maximum atomic E-state index is 12.4. The van der Waals surface area contributed by atoms with Gasteiger partial charge in [0.2, 0.25) is 11.8 Å². The number of amides is 2. The third kappa shape index (κ3) is 5.85. The topological polar surface area (TPSA) is 49.4 Å². The van der Waals surface area contributed by atoms with Crippen LogP contribution >= 0.6 is 11.8 Å². The highest BCUT2D eigenvalue weighted by Gasteiger charge is 2.25. The number of carbonyl (C=O) groups excluding carboxylic acids is 2. The largest absolute Gasteiger partial charge is 0.345 e. The molecule has 0 heterocycles. The molecule has 1 N–H and O–H groups in total. The minimum Gasteiger partial charge on any atom is -0.345 e. The quantitative estimate of drug-likeness (QED) is 0.777. The summed E-state index contributed by atoms with van der Waals surface area (Å²) in [6.45, 7) is 2.30. The Morgan fingerprint density at radius 1 is 1.37 bits per heavy atom. The van der Waals surface area contributed by atoms with Crippen LogP contribution in [0.3, 0.4) is 0 Å². The van der Waals surface area contributed by atoms with E-state index in [1.165, 1.54) is 32.6 Å². The predicted molar refractivity (Wildman–Crippen MR) is 80.2 cm³/mol. The summed E-state index contributed by atoms with van der Waals surface area (Å²) in [4.78, 5) is 25.4. The smallest absolute Gasteiger partial charge is 0.244 e. The van der Waals surface area contributed by atoms with E-state index in [0.717, 1.165) is 12.3 Å². The molecule has 0 bridgehead atoms. The molecule has 1 atom stereocenters. The van der Waals surface area contributed by atoms with E-state index >= 15 is 0 Å². The first-order chi connectivity index (χ1) is 9.04. The van der Waals surface area contributed by atoms with Crippen molar-refractivity contribution in [3.05, 3.63) is 0 Å². The van der Waals surface area contributed by atoms with Crippen molar-refractivity contribution in [1.82, 2.24) is 10.2 Å². The molecule has 1 aliphatic rings. The molecule has 0 aromatic heterocycles. The van der Waals surface area contributed by atoms with Crippen LogP contribution in [0.1, 0.15) is 39.0 Å². The van der Waals surface area contributed by atoms with Crippen molar-refractivity contribution in [1.29, 1.82) is 0 Å². The third-order valence-corrected chi connectivity index (χ3v) is 4.31. The molecule has 0 aliphatic heterocycles. The lowest BCUT2D eigenvalue weighted by molar-refractivity contribution is -0.135. The number of thioether (sulfide) groups is 1. The molecule has 0 unspecified atom stereocenters. The molecule has 1 aliphatic carbocycles. The molecule has 19 heavy (non-hydrogen) atoms. The first-order valence-electron chi connectivity index (χ1n) is 7.05. The first kappa shape index (κ1) is 16.3. The summed E-state index contributed by atoms with van der Waals surface area (Å²) in [5.74, 6) is 1.45. The molecule has 2 amide bonds. The van der Waals surface area contributed by atoms with E-state index in [9.17, 15) is 9.59 Å². The van der Waals surface area contributed by atoms with Gasteiger partial charge in [-0.3, -0.25) is 9.59 Å². The van der Waals surface area contributed by atoms with E-state index in [1.54, 1.807) is 16.7 Å². The third-order valence-electron chi connectivity index (χ3n) is 3.67. The van der Waals surface area contributed by atoms with Gasteiger partial charge in [0.25, 0.3) is 0 Å². The van der Waals surface area contributed by atoms with Crippen LogP contribution in [0.5, 0.6) is 0 Å². The van der Waals surface area contributed by atoms with Gasteiger partial charge < -0.3 is 10.2 Å². The number of rotatable bonds is 7. The average Bonchev–Trinajstić information content (AvgIpc) is 2.85. The Kier molecular flexibility index (Phi) is 7.28. The zero-order valence-corrected chi connectivity index (χ0v) is 13.1. The molecular formula is C14H26N2O2S. The van der Waals surface area contributed by atoms with Crippen LogP contribution in [0.4, 0.5) is 0 Å². The highest BCUT2D eigenvalue weighted by atomic mass is 32.2. The molecule has 0 aromatic carbocycles. The number of carbonyl (C=O) groups is 2. The lowest BCUT2D eigenvalue weighted by Gasteiger charge is -2.26. The maximum absolute atomic E-state index is 12.4. The van der Waals surface area contributed by atoms with E-state index in [0.29, 0.717) is 12.3 Å². The molecule has 110 valence electrons. The molecule has 1 saturated carbocycles. The van der Waals surface area contributed by atoms with Gasteiger partial charge in [0, 0.05) is 20.5 Å². The second-order valence-corrected chi connectivity index (χ2v) is 6.39. The minimum atomic E-state index is -0.364. The Morgan fingerprint density at radius 2 is 2.00 bits per heavy atom. The van der Waals surface area contributed by atoms with Gasteiger partial charge in [-0.25, -0.2) is 0 Å². The molecule has 5 heteroatoms. The number of nitrogens with zero attached hydrogens (tertiary/aromatic N) is 1. The number of hydrogen-bond acceptors (Lipinski definition) is 3. The monoisotopic (exact) mass is 286 g/mol. The molecule has 0 saturated heterocycles. The van der Waals surface area contributed by atoms with Gasteiger partial charge in [0.05, 0.1) is 0 Å². The Labute approximate surface area is 120 Å². The molecule has 0 spiro atoms. The van der Waals surface area contributed by atoms with Crippen LogP contribution in [0, 0.1) is 5.92 Å². The SMILES string of the molecule is CSCC[C@H](NC(C)=O)C(=O)N(C)CC1CCCC1. The summed E-state index contributed by atoms with van der Waals surface area (Å²) in [6, 6.07) is -0.364. The molecule has 1 rings (SSSR count). The van der Waals surface area contributed by atoms with Crippen molar-refractivity contribution >= 4 is 23.6 Å². The second-order valence-electron chi connectivity index (χ2n) is 5.40. The van der Waals surface area contributed by atoms with Crippen molar-refractivity contribution in [2.45, 2.75) is 45.1 Å². The van der Waals surface area contributed by atoms with Crippen molar-refractivity contribution in [3.8, 4) is 0 Å². The number of likely N-dealkylation sites (N-methyl/N-ethyl adjacent to an activating group) is 1. The summed E-state index contributed by atoms with van der Waals surface area (Å²) in [6.07, 6.45) is 7.75. The van der Waals surface area contributed by atoms with E-state index < -0.39 is 0 Å². The highest BCUT2D eigenvalue weighted by molar-refractivity contribution is 7.98. The van der Waals surface area contributed by atoms with Gasteiger partial charge in [-0.1, -0.05) is 12.8 Å². The van der Waals surface area contributed by atoms with Crippen LogP contribution in [0.15, 0.2) is 0 Å². The van der Waals surface area contributed by atoms with Crippen molar-refractivity contribution in [2.75, 3.05) is 25.6 Å². The van der Waals surface area contributed by atoms with Gasteiger partial charge in [-0.2, -0.15) is 11.8 Å². The summed E-state index contributed by atoms with van der Waals surface area (Å²) in [5, 5.41) is 2.78. The number of hydrogen-bond donors (Lipinski definition) is 1. The number of nitrogens with one attached hydrogen (secondary N) is 1. The normalized spacial score (nSPS) is 17.2. The van der Waals surface area contributed by atoms with Crippen molar-refractivity contribution in [2.24, 2.45) is 5.92 Å². The standard InChI is InChI=1S/C14H26N2O2S/c1-11(17)15-13(8-9-19-3)14(18)16(2)10-12-6-4-5-7-12/h12-13H,4-10H2,1-3H3,(H,15,17)/t13-/m0/s1. The summed E-state index contributed by atoms with van der Waals surface area (Å²) in [7, 11) is 1.86. The van der Waals surface area contributed by atoms with Gasteiger partial charge in [0.1, 0.15) is 6.04 Å². The van der Waals surface area contributed by atoms with Gasteiger partial charge >= 0.3 is 0 Å². The zero-order valence-electron chi connectivity index (χ0n) is 12.3. The summed E-state index contributed by atoms with van der Waals surface area (Å²) >= 11 is 1.70. The van der Waals surface area contributed by atoms with Gasteiger partial charge in [-0.05, 0) is 37.2 Å². The van der Waals surface area contributed by atoms with E-state index in [4.69, 9.17) is 0 Å².